The number of hydrogen-bond acceptors (Lipinski definition) is 7. The quantitative estimate of drug-likeness (QED) is 0.319. The largest absolute Gasteiger partial charge is 0.490 e. The molecule has 5 rings (SSSR count). The number of pyridine rings is 1. The van der Waals surface area contributed by atoms with E-state index in [1.54, 1.807) is 0 Å². The van der Waals surface area contributed by atoms with Crippen molar-refractivity contribution in [3.63, 3.8) is 0 Å². The second-order valence-corrected chi connectivity index (χ2v) is 9.46. The van der Waals surface area contributed by atoms with E-state index in [2.05, 4.69) is 50.5 Å². The highest BCUT2D eigenvalue weighted by Gasteiger charge is 2.39. The first-order valence-electron chi connectivity index (χ1n) is 12.8. The molecule has 10 nitrogen and oxygen atoms in total. The Hall–Kier alpha value is -4.31. The van der Waals surface area contributed by atoms with Gasteiger partial charge in [-0.25, -0.2) is 14.6 Å². The van der Waals surface area contributed by atoms with Gasteiger partial charge in [0.25, 0.3) is 5.56 Å². The number of fused-ring (bicyclic) bond motifs is 1. The van der Waals surface area contributed by atoms with Gasteiger partial charge >= 0.3 is 24.3 Å². The minimum Gasteiger partial charge on any atom is -0.475 e. The van der Waals surface area contributed by atoms with E-state index in [1.165, 1.54) is 12.0 Å². The van der Waals surface area contributed by atoms with Gasteiger partial charge in [-0.05, 0) is 43.1 Å². The number of nitrogens with zero attached hydrogens (tertiary/aromatic N) is 3. The number of aromatic nitrogens is 3. The van der Waals surface area contributed by atoms with E-state index < -0.39 is 24.3 Å². The van der Waals surface area contributed by atoms with Gasteiger partial charge in [0, 0.05) is 37.8 Å². The summed E-state index contributed by atoms with van der Waals surface area (Å²) in [7, 11) is 0. The summed E-state index contributed by atoms with van der Waals surface area (Å²) in [6.07, 6.45) is -5.16. The molecule has 1 fully saturated rings. The van der Waals surface area contributed by atoms with E-state index in [1.807, 2.05) is 18.3 Å². The summed E-state index contributed by atoms with van der Waals surface area (Å²) in [5.74, 6) is -4.85. The highest BCUT2D eigenvalue weighted by Crippen LogP contribution is 2.32. The molecule has 1 atom stereocenters. The number of rotatable bonds is 4. The summed E-state index contributed by atoms with van der Waals surface area (Å²) in [6, 6.07) is 14.9. The Bertz CT molecular complexity index is 1440. The summed E-state index contributed by atoms with van der Waals surface area (Å²) in [5, 5.41) is 17.5. The van der Waals surface area contributed by atoms with Gasteiger partial charge < -0.3 is 20.5 Å². The van der Waals surface area contributed by atoms with E-state index in [0.29, 0.717) is 18.4 Å². The van der Waals surface area contributed by atoms with Gasteiger partial charge in [-0.2, -0.15) is 26.3 Å². The Labute approximate surface area is 240 Å². The molecular formula is C27H27F6N5O5. The number of likely N-dealkylation sites (tertiary alicyclic amines) is 1. The average Bonchev–Trinajstić information content (AvgIpc) is 3.41. The molecular weight excluding hydrogens is 588 g/mol. The standard InChI is InChI=1S/C23H25N5O.2C2HF3O2/c29-23-18-14-24-11-9-19(18)26-22(27-23)17-6-3-5-16(13-17)15-28-12-4-8-21(28)20-7-1-2-10-25-20;2*3-2(4,5)1(6)7/h1-3,5-7,10,13,21,24H,4,8-9,11-12,14-15H2,(H,26,27,29);2*(H,6,7). The molecule has 0 saturated carbocycles. The van der Waals surface area contributed by atoms with Crippen LogP contribution < -0.4 is 10.9 Å². The van der Waals surface area contributed by atoms with E-state index in [0.717, 1.165) is 55.0 Å². The van der Waals surface area contributed by atoms with Gasteiger partial charge in [0.1, 0.15) is 5.82 Å². The lowest BCUT2D eigenvalue weighted by Gasteiger charge is -2.24. The maximum atomic E-state index is 12.5. The molecule has 3 aromatic rings. The predicted octanol–water partition coefficient (Wildman–Crippen LogP) is 4.08. The van der Waals surface area contributed by atoms with Crippen LogP contribution in [0.15, 0.2) is 53.5 Å². The number of nitrogens with one attached hydrogen (secondary N) is 2. The van der Waals surface area contributed by atoms with Crippen molar-refractivity contribution in [2.45, 2.75) is 50.7 Å². The molecule has 0 radical (unpaired) electrons. The van der Waals surface area contributed by atoms with Crippen LogP contribution in [-0.4, -0.2) is 67.4 Å². The van der Waals surface area contributed by atoms with Crippen molar-refractivity contribution in [1.82, 2.24) is 25.2 Å². The summed E-state index contributed by atoms with van der Waals surface area (Å²) in [6.45, 7) is 3.41. The van der Waals surface area contributed by atoms with Crippen molar-refractivity contribution >= 4 is 11.9 Å². The number of carboxylic acid groups (broad SMARTS) is 2. The van der Waals surface area contributed by atoms with E-state index in [4.69, 9.17) is 24.8 Å². The van der Waals surface area contributed by atoms with Gasteiger partial charge in [-0.3, -0.25) is 14.7 Å². The number of aliphatic carboxylic acids is 2. The molecule has 0 aliphatic carbocycles. The molecule has 2 aliphatic rings. The molecule has 1 saturated heterocycles. The van der Waals surface area contributed by atoms with Crippen LogP contribution in [0.4, 0.5) is 26.3 Å². The van der Waals surface area contributed by atoms with Crippen LogP contribution in [0.25, 0.3) is 11.4 Å². The van der Waals surface area contributed by atoms with Crippen LogP contribution >= 0.6 is 0 Å². The second-order valence-electron chi connectivity index (χ2n) is 9.46. The SMILES string of the molecule is O=C(O)C(F)(F)F.O=C(O)C(F)(F)F.O=c1[nH]c(-c2cccc(CN3CCCC3c3ccccn3)c2)nc2c1CNCC2. The number of hydrogen-bond donors (Lipinski definition) is 4. The first kappa shape index (κ1) is 33.2. The van der Waals surface area contributed by atoms with E-state index >= 15 is 0 Å². The highest BCUT2D eigenvalue weighted by atomic mass is 19.4. The maximum Gasteiger partial charge on any atom is 0.490 e. The van der Waals surface area contributed by atoms with Crippen molar-refractivity contribution in [3.8, 4) is 11.4 Å². The topological polar surface area (TPSA) is 149 Å². The lowest BCUT2D eigenvalue weighted by molar-refractivity contribution is -0.193. The molecule has 0 amide bonds. The van der Waals surface area contributed by atoms with Crippen LogP contribution in [0.5, 0.6) is 0 Å². The third-order valence-corrected chi connectivity index (χ3v) is 6.41. The smallest absolute Gasteiger partial charge is 0.475 e. The molecule has 4 heterocycles. The van der Waals surface area contributed by atoms with Gasteiger partial charge in [0.15, 0.2) is 0 Å². The van der Waals surface area contributed by atoms with Crippen LogP contribution in [0.1, 0.15) is 41.4 Å². The Morgan fingerprint density at radius 1 is 1.00 bits per heavy atom. The molecule has 1 aromatic carbocycles. The fourth-order valence-electron chi connectivity index (χ4n) is 4.47. The number of aromatic amines is 1. The molecule has 16 heteroatoms. The molecule has 43 heavy (non-hydrogen) atoms. The van der Waals surface area contributed by atoms with Crippen LogP contribution in [0, 0.1) is 0 Å². The van der Waals surface area contributed by atoms with Crippen molar-refractivity contribution in [1.29, 1.82) is 0 Å². The Balaban J connectivity index is 0.000000303. The maximum absolute atomic E-state index is 12.5. The number of H-pyrrole nitrogens is 1. The summed E-state index contributed by atoms with van der Waals surface area (Å²) < 4.78 is 63.5. The Kier molecular flexibility index (Phi) is 11.0. The normalized spacial score (nSPS) is 16.7. The third-order valence-electron chi connectivity index (χ3n) is 6.41. The van der Waals surface area contributed by atoms with E-state index in [9.17, 15) is 31.1 Å². The number of halogens is 6. The number of carbonyl (C=O) groups is 2. The summed E-state index contributed by atoms with van der Waals surface area (Å²) in [4.78, 5) is 45.1. The fourth-order valence-corrected chi connectivity index (χ4v) is 4.47. The summed E-state index contributed by atoms with van der Waals surface area (Å²) in [5.41, 5.74) is 5.00. The van der Waals surface area contributed by atoms with Crippen molar-refractivity contribution in [3.05, 3.63) is 81.5 Å². The van der Waals surface area contributed by atoms with Crippen LogP contribution in [0.2, 0.25) is 0 Å². The molecule has 2 aromatic heterocycles. The third kappa shape index (κ3) is 9.61. The Morgan fingerprint density at radius 3 is 2.28 bits per heavy atom. The van der Waals surface area contributed by atoms with Gasteiger partial charge in [-0.1, -0.05) is 24.3 Å². The molecule has 1 unspecified atom stereocenters. The molecule has 232 valence electrons. The fraction of sp³-hybridized carbons (Fsp3) is 0.370. The minimum absolute atomic E-state index is 0.0302. The highest BCUT2D eigenvalue weighted by molar-refractivity contribution is 5.73. The van der Waals surface area contributed by atoms with Crippen LogP contribution in [-0.2, 0) is 29.1 Å². The zero-order valence-corrected chi connectivity index (χ0v) is 22.4. The number of alkyl halides is 6. The number of carboxylic acids is 2. The van der Waals surface area contributed by atoms with Gasteiger partial charge in [0.05, 0.1) is 23.0 Å². The minimum atomic E-state index is -5.08. The second kappa shape index (κ2) is 14.2. The molecule has 2 aliphatic heterocycles. The lowest BCUT2D eigenvalue weighted by Crippen LogP contribution is -2.31. The monoisotopic (exact) mass is 615 g/mol. The first-order chi connectivity index (χ1) is 20.2. The average molecular weight is 616 g/mol. The summed E-state index contributed by atoms with van der Waals surface area (Å²) >= 11 is 0. The van der Waals surface area contributed by atoms with Crippen molar-refractivity contribution in [2.24, 2.45) is 0 Å². The van der Waals surface area contributed by atoms with Crippen molar-refractivity contribution in [2.75, 3.05) is 13.1 Å². The molecule has 0 bridgehead atoms. The Morgan fingerprint density at radius 2 is 1.67 bits per heavy atom. The van der Waals surface area contributed by atoms with E-state index in [-0.39, 0.29) is 5.56 Å². The van der Waals surface area contributed by atoms with Gasteiger partial charge in [0.2, 0.25) is 0 Å². The zero-order valence-electron chi connectivity index (χ0n) is 22.4. The van der Waals surface area contributed by atoms with Crippen LogP contribution in [0.3, 0.4) is 0 Å². The first-order valence-corrected chi connectivity index (χ1v) is 12.8. The molecule has 4 N–H and O–H groups in total. The predicted molar refractivity (Wildman–Crippen MR) is 140 cm³/mol. The molecule has 0 spiro atoms. The zero-order chi connectivity index (χ0) is 31.8. The number of benzene rings is 1. The lowest BCUT2D eigenvalue weighted by atomic mass is 10.1. The van der Waals surface area contributed by atoms with Crippen molar-refractivity contribution < 1.29 is 46.1 Å². The van der Waals surface area contributed by atoms with Gasteiger partial charge in [-0.15, -0.1) is 0 Å².